The van der Waals surface area contributed by atoms with E-state index in [0.717, 1.165) is 10.4 Å². The summed E-state index contributed by atoms with van der Waals surface area (Å²) in [7, 11) is -2.70. The minimum absolute atomic E-state index is 0.160. The monoisotopic (exact) mass is 499 g/mol. The SMILES string of the molecule is COc1ccccc1-c1cc(CN(c2ccccc2)S(=O)(=O)c2ccc(Cl)c([N+](=O)[O-])c2)on1. The first-order valence-corrected chi connectivity index (χ1v) is 11.7. The Kier molecular flexibility index (Phi) is 6.53. The summed E-state index contributed by atoms with van der Waals surface area (Å²) in [5.74, 6) is 0.847. The molecule has 0 saturated carbocycles. The van der Waals surface area contributed by atoms with Gasteiger partial charge in [-0.15, -0.1) is 0 Å². The lowest BCUT2D eigenvalue weighted by Gasteiger charge is -2.23. The Hall–Kier alpha value is -3.89. The Morgan fingerprint density at radius 1 is 1.06 bits per heavy atom. The lowest BCUT2D eigenvalue weighted by atomic mass is 10.1. The molecule has 0 aliphatic rings. The molecule has 0 aliphatic heterocycles. The van der Waals surface area contributed by atoms with Crippen LogP contribution in [0.1, 0.15) is 5.76 Å². The highest BCUT2D eigenvalue weighted by atomic mass is 35.5. The molecule has 0 N–H and O–H groups in total. The van der Waals surface area contributed by atoms with Crippen molar-refractivity contribution in [3.63, 3.8) is 0 Å². The molecular weight excluding hydrogens is 482 g/mol. The number of nitro groups is 1. The van der Waals surface area contributed by atoms with Gasteiger partial charge in [-0.05, 0) is 36.4 Å². The van der Waals surface area contributed by atoms with Crippen molar-refractivity contribution in [1.82, 2.24) is 5.16 Å². The van der Waals surface area contributed by atoms with E-state index in [9.17, 15) is 18.5 Å². The molecule has 3 aromatic carbocycles. The summed E-state index contributed by atoms with van der Waals surface area (Å²) in [6, 6.07) is 20.5. The van der Waals surface area contributed by atoms with Crippen LogP contribution in [0.2, 0.25) is 5.02 Å². The summed E-state index contributed by atoms with van der Waals surface area (Å²) in [4.78, 5) is 10.3. The quantitative estimate of drug-likeness (QED) is 0.238. The fourth-order valence-corrected chi connectivity index (χ4v) is 4.98. The standard InChI is InChI=1S/C23H18ClN3O6S/c1-32-23-10-6-5-9-19(23)21-13-17(33-25-21)15-26(16-7-3-2-4-8-16)34(30,31)18-11-12-20(24)22(14-18)27(28)29/h2-14H,15H2,1H3. The molecule has 0 amide bonds. The number of benzene rings is 3. The topological polar surface area (TPSA) is 116 Å². The average Bonchev–Trinajstić information content (AvgIpc) is 3.31. The van der Waals surface area contributed by atoms with Gasteiger partial charge in [-0.25, -0.2) is 8.42 Å². The van der Waals surface area contributed by atoms with Gasteiger partial charge in [0.2, 0.25) is 0 Å². The third-order valence-electron chi connectivity index (χ3n) is 4.99. The zero-order chi connectivity index (χ0) is 24.3. The Morgan fingerprint density at radius 3 is 2.47 bits per heavy atom. The first-order chi connectivity index (χ1) is 16.3. The molecule has 0 atom stereocenters. The highest BCUT2D eigenvalue weighted by Gasteiger charge is 2.29. The largest absolute Gasteiger partial charge is 0.496 e. The van der Waals surface area contributed by atoms with E-state index in [1.165, 1.54) is 19.2 Å². The van der Waals surface area contributed by atoms with Crippen molar-refractivity contribution < 1.29 is 22.6 Å². The second kappa shape index (κ2) is 9.54. The van der Waals surface area contributed by atoms with Gasteiger partial charge in [0.1, 0.15) is 16.5 Å². The molecule has 1 heterocycles. The van der Waals surface area contributed by atoms with E-state index in [-0.39, 0.29) is 22.2 Å². The van der Waals surface area contributed by atoms with Crippen molar-refractivity contribution in [2.45, 2.75) is 11.4 Å². The van der Waals surface area contributed by atoms with Gasteiger partial charge in [-0.2, -0.15) is 0 Å². The summed E-state index contributed by atoms with van der Waals surface area (Å²) >= 11 is 5.87. The molecule has 1 aromatic heterocycles. The Morgan fingerprint density at radius 2 is 1.76 bits per heavy atom. The summed E-state index contributed by atoms with van der Waals surface area (Å²) in [5.41, 5.74) is 0.992. The van der Waals surface area contributed by atoms with E-state index in [2.05, 4.69) is 5.16 Å². The van der Waals surface area contributed by atoms with Gasteiger partial charge in [0.25, 0.3) is 15.7 Å². The van der Waals surface area contributed by atoms with Gasteiger partial charge >= 0.3 is 0 Å². The maximum Gasteiger partial charge on any atom is 0.289 e. The molecule has 0 spiro atoms. The molecule has 4 rings (SSSR count). The van der Waals surface area contributed by atoms with Gasteiger partial charge in [-0.1, -0.05) is 47.1 Å². The summed E-state index contributed by atoms with van der Waals surface area (Å²) in [6.45, 7) is -0.203. The third-order valence-corrected chi connectivity index (χ3v) is 7.08. The molecule has 0 unspecified atom stereocenters. The van der Waals surface area contributed by atoms with Crippen molar-refractivity contribution in [3.8, 4) is 17.0 Å². The van der Waals surface area contributed by atoms with Gasteiger partial charge in [0.15, 0.2) is 5.76 Å². The number of aromatic nitrogens is 1. The van der Waals surface area contributed by atoms with E-state index < -0.39 is 20.6 Å². The number of hydrogen-bond donors (Lipinski definition) is 0. The van der Waals surface area contributed by atoms with Gasteiger partial charge in [0, 0.05) is 17.7 Å². The van der Waals surface area contributed by atoms with Crippen LogP contribution in [0.3, 0.4) is 0 Å². The number of methoxy groups -OCH3 is 1. The van der Waals surface area contributed by atoms with Crippen LogP contribution < -0.4 is 9.04 Å². The number of anilines is 1. The van der Waals surface area contributed by atoms with Crippen LogP contribution in [-0.2, 0) is 16.6 Å². The summed E-state index contributed by atoms with van der Waals surface area (Å²) < 4.78 is 39.0. The highest BCUT2D eigenvalue weighted by Crippen LogP contribution is 2.33. The molecule has 0 bridgehead atoms. The first-order valence-electron chi connectivity index (χ1n) is 9.92. The van der Waals surface area contributed by atoms with E-state index in [1.807, 2.05) is 12.1 Å². The van der Waals surface area contributed by atoms with Crippen molar-refractivity contribution in [2.24, 2.45) is 0 Å². The predicted molar refractivity (Wildman–Crippen MR) is 126 cm³/mol. The van der Waals surface area contributed by atoms with Crippen molar-refractivity contribution in [2.75, 3.05) is 11.4 Å². The molecular formula is C23H18ClN3O6S. The Labute approximate surface area is 200 Å². The molecule has 4 aromatic rings. The van der Waals surface area contributed by atoms with Crippen LogP contribution in [0, 0.1) is 10.1 Å². The van der Waals surface area contributed by atoms with Crippen LogP contribution in [-0.4, -0.2) is 25.6 Å². The molecule has 0 radical (unpaired) electrons. The molecule has 11 heteroatoms. The third kappa shape index (κ3) is 4.59. The Balaban J connectivity index is 1.75. The summed E-state index contributed by atoms with van der Waals surface area (Å²) in [5, 5.41) is 15.2. The second-order valence-electron chi connectivity index (χ2n) is 7.10. The van der Waals surface area contributed by atoms with Crippen LogP contribution in [0.15, 0.2) is 88.3 Å². The van der Waals surface area contributed by atoms with E-state index in [0.29, 0.717) is 22.7 Å². The average molecular weight is 500 g/mol. The second-order valence-corrected chi connectivity index (χ2v) is 9.37. The van der Waals surface area contributed by atoms with Gasteiger partial charge in [0.05, 0.1) is 29.2 Å². The van der Waals surface area contributed by atoms with Crippen molar-refractivity contribution >= 4 is 33.0 Å². The number of rotatable bonds is 8. The van der Waals surface area contributed by atoms with E-state index in [4.69, 9.17) is 20.9 Å². The van der Waals surface area contributed by atoms with Crippen LogP contribution >= 0.6 is 11.6 Å². The molecule has 174 valence electrons. The van der Waals surface area contributed by atoms with Crippen LogP contribution in [0.5, 0.6) is 5.75 Å². The lowest BCUT2D eigenvalue weighted by molar-refractivity contribution is -0.384. The van der Waals surface area contributed by atoms with Crippen LogP contribution in [0.4, 0.5) is 11.4 Å². The normalized spacial score (nSPS) is 11.2. The minimum Gasteiger partial charge on any atom is -0.496 e. The van der Waals surface area contributed by atoms with E-state index in [1.54, 1.807) is 48.5 Å². The number of hydrogen-bond acceptors (Lipinski definition) is 7. The smallest absolute Gasteiger partial charge is 0.289 e. The summed E-state index contributed by atoms with van der Waals surface area (Å²) in [6.07, 6.45) is 0. The maximum atomic E-state index is 13.6. The van der Waals surface area contributed by atoms with Crippen molar-refractivity contribution in [1.29, 1.82) is 0 Å². The van der Waals surface area contributed by atoms with Gasteiger partial charge in [-0.3, -0.25) is 14.4 Å². The zero-order valence-electron chi connectivity index (χ0n) is 17.8. The molecule has 0 saturated heterocycles. The maximum absolute atomic E-state index is 13.6. The molecule has 0 aliphatic carbocycles. The fourth-order valence-electron chi connectivity index (χ4n) is 3.34. The number of ether oxygens (including phenoxy) is 1. The number of para-hydroxylation sites is 2. The lowest BCUT2D eigenvalue weighted by Crippen LogP contribution is -2.30. The molecule has 34 heavy (non-hydrogen) atoms. The highest BCUT2D eigenvalue weighted by molar-refractivity contribution is 7.92. The zero-order valence-corrected chi connectivity index (χ0v) is 19.4. The molecule has 0 fully saturated rings. The van der Waals surface area contributed by atoms with Gasteiger partial charge < -0.3 is 9.26 Å². The number of halogens is 1. The Bertz CT molecular complexity index is 1440. The number of nitro benzene ring substituents is 1. The van der Waals surface area contributed by atoms with E-state index >= 15 is 0 Å². The molecule has 9 nitrogen and oxygen atoms in total. The number of sulfonamides is 1. The number of nitrogens with zero attached hydrogens (tertiary/aromatic N) is 3. The van der Waals surface area contributed by atoms with Crippen molar-refractivity contribution in [3.05, 3.63) is 99.8 Å². The first kappa shape index (κ1) is 23.3. The van der Waals surface area contributed by atoms with Crippen LogP contribution in [0.25, 0.3) is 11.3 Å². The minimum atomic E-state index is -4.24. The fraction of sp³-hybridized carbons (Fsp3) is 0.0870. The predicted octanol–water partition coefficient (Wildman–Crippen LogP) is 5.31.